The van der Waals surface area contributed by atoms with Gasteiger partial charge in [0.1, 0.15) is 16.6 Å². The van der Waals surface area contributed by atoms with Crippen LogP contribution in [0.3, 0.4) is 0 Å². The van der Waals surface area contributed by atoms with E-state index in [-0.39, 0.29) is 19.1 Å². The average Bonchev–Trinajstić information content (AvgIpc) is 3.05. The lowest BCUT2D eigenvalue weighted by Crippen LogP contribution is -2.23. The SMILES string of the molecule is COCc1nc(CNC(=O)c2csc(SC)n2)no1. The van der Waals surface area contributed by atoms with Crippen molar-refractivity contribution in [3.63, 3.8) is 0 Å². The average molecular weight is 300 g/mol. The third-order valence-electron chi connectivity index (χ3n) is 2.08. The maximum Gasteiger partial charge on any atom is 0.271 e. The van der Waals surface area contributed by atoms with Crippen LogP contribution in [0.15, 0.2) is 14.2 Å². The van der Waals surface area contributed by atoms with Crippen LogP contribution in [0.5, 0.6) is 0 Å². The third kappa shape index (κ3) is 3.75. The van der Waals surface area contributed by atoms with Crippen LogP contribution in [-0.4, -0.2) is 34.4 Å². The fourth-order valence-electron chi connectivity index (χ4n) is 1.25. The van der Waals surface area contributed by atoms with Crippen molar-refractivity contribution in [3.8, 4) is 0 Å². The van der Waals surface area contributed by atoms with Crippen LogP contribution in [0.2, 0.25) is 0 Å². The molecule has 0 aliphatic carbocycles. The van der Waals surface area contributed by atoms with Crippen molar-refractivity contribution >= 4 is 29.0 Å². The molecule has 19 heavy (non-hydrogen) atoms. The molecule has 7 nitrogen and oxygen atoms in total. The second-order valence-electron chi connectivity index (χ2n) is 3.42. The number of hydrogen-bond donors (Lipinski definition) is 1. The maximum atomic E-state index is 11.8. The van der Waals surface area contributed by atoms with Crippen molar-refractivity contribution in [2.45, 2.75) is 17.5 Å². The number of thioether (sulfide) groups is 1. The number of thiazole rings is 1. The summed E-state index contributed by atoms with van der Waals surface area (Å²) >= 11 is 2.94. The number of methoxy groups -OCH3 is 1. The van der Waals surface area contributed by atoms with Crippen LogP contribution in [0.1, 0.15) is 22.2 Å². The molecule has 0 unspecified atom stereocenters. The zero-order valence-electron chi connectivity index (χ0n) is 10.4. The number of rotatable bonds is 6. The van der Waals surface area contributed by atoms with Crippen molar-refractivity contribution in [2.75, 3.05) is 13.4 Å². The van der Waals surface area contributed by atoms with Crippen molar-refractivity contribution in [3.05, 3.63) is 22.8 Å². The summed E-state index contributed by atoms with van der Waals surface area (Å²) < 4.78 is 10.6. The summed E-state index contributed by atoms with van der Waals surface area (Å²) in [4.78, 5) is 20.0. The fourth-order valence-corrected chi connectivity index (χ4v) is 2.49. The van der Waals surface area contributed by atoms with Gasteiger partial charge in [-0.1, -0.05) is 16.9 Å². The van der Waals surface area contributed by atoms with Crippen LogP contribution >= 0.6 is 23.1 Å². The van der Waals surface area contributed by atoms with E-state index in [2.05, 4.69) is 20.4 Å². The summed E-state index contributed by atoms with van der Waals surface area (Å²) in [5.41, 5.74) is 0.398. The van der Waals surface area contributed by atoms with Gasteiger partial charge in [0.25, 0.3) is 11.8 Å². The standard InChI is InChI=1S/C10H12N4O3S2/c1-16-4-8-13-7(14-17-8)3-11-9(15)6-5-19-10(12-6)18-2/h5H,3-4H2,1-2H3,(H,11,15). The number of aromatic nitrogens is 3. The second-order valence-corrected chi connectivity index (χ2v) is 5.33. The largest absolute Gasteiger partial charge is 0.375 e. The molecule has 1 amide bonds. The van der Waals surface area contributed by atoms with Gasteiger partial charge in [0.05, 0.1) is 6.54 Å². The summed E-state index contributed by atoms with van der Waals surface area (Å²) in [6.07, 6.45) is 1.91. The van der Waals surface area contributed by atoms with Gasteiger partial charge < -0.3 is 14.6 Å². The Morgan fingerprint density at radius 3 is 3.11 bits per heavy atom. The zero-order chi connectivity index (χ0) is 13.7. The maximum absolute atomic E-state index is 11.8. The monoisotopic (exact) mass is 300 g/mol. The highest BCUT2D eigenvalue weighted by Gasteiger charge is 2.12. The molecule has 0 atom stereocenters. The lowest BCUT2D eigenvalue weighted by Gasteiger charge is -1.98. The van der Waals surface area contributed by atoms with E-state index in [0.717, 1.165) is 4.34 Å². The Morgan fingerprint density at radius 1 is 1.58 bits per heavy atom. The molecule has 0 bridgehead atoms. The quantitative estimate of drug-likeness (QED) is 0.805. The van der Waals surface area contributed by atoms with Crippen molar-refractivity contribution in [1.82, 2.24) is 20.4 Å². The number of amides is 1. The number of carbonyl (C=O) groups excluding carboxylic acids is 1. The molecule has 1 N–H and O–H groups in total. The fraction of sp³-hybridized carbons (Fsp3) is 0.400. The number of nitrogens with one attached hydrogen (secondary N) is 1. The van der Waals surface area contributed by atoms with Crippen molar-refractivity contribution in [1.29, 1.82) is 0 Å². The van der Waals surface area contributed by atoms with Gasteiger partial charge in [0.15, 0.2) is 5.82 Å². The lowest BCUT2D eigenvalue weighted by molar-refractivity contribution is 0.0945. The highest BCUT2D eigenvalue weighted by molar-refractivity contribution is 8.00. The molecule has 9 heteroatoms. The Kier molecular flexibility index (Phi) is 4.88. The van der Waals surface area contributed by atoms with Gasteiger partial charge in [-0.25, -0.2) is 4.98 Å². The van der Waals surface area contributed by atoms with E-state index in [1.54, 1.807) is 5.38 Å². The van der Waals surface area contributed by atoms with Crippen LogP contribution in [0.4, 0.5) is 0 Å². The van der Waals surface area contributed by atoms with Gasteiger partial charge in [-0.3, -0.25) is 4.79 Å². The van der Waals surface area contributed by atoms with Crippen LogP contribution in [-0.2, 0) is 17.9 Å². The first-order chi connectivity index (χ1) is 9.22. The minimum atomic E-state index is -0.255. The molecular formula is C10H12N4O3S2. The predicted octanol–water partition coefficient (Wildman–Crippen LogP) is 1.32. The highest BCUT2D eigenvalue weighted by Crippen LogP contribution is 2.19. The summed E-state index contributed by atoms with van der Waals surface area (Å²) in [5.74, 6) is 0.528. The minimum absolute atomic E-state index is 0.193. The number of ether oxygens (including phenoxy) is 1. The highest BCUT2D eigenvalue weighted by atomic mass is 32.2. The first-order valence-corrected chi connectivity index (χ1v) is 7.41. The topological polar surface area (TPSA) is 90.1 Å². The van der Waals surface area contributed by atoms with E-state index in [1.165, 1.54) is 30.2 Å². The molecule has 102 valence electrons. The Labute approximate surface area is 117 Å². The van der Waals surface area contributed by atoms with E-state index in [4.69, 9.17) is 9.26 Å². The number of carbonyl (C=O) groups is 1. The molecule has 2 aromatic rings. The third-order valence-corrected chi connectivity index (χ3v) is 3.94. The van der Waals surface area contributed by atoms with Gasteiger partial charge in [0, 0.05) is 12.5 Å². The molecule has 0 radical (unpaired) electrons. The molecule has 0 saturated heterocycles. The van der Waals surface area contributed by atoms with Gasteiger partial charge >= 0.3 is 0 Å². The smallest absolute Gasteiger partial charge is 0.271 e. The van der Waals surface area contributed by atoms with Crippen LogP contribution < -0.4 is 5.32 Å². The minimum Gasteiger partial charge on any atom is -0.375 e. The predicted molar refractivity (Wildman–Crippen MR) is 70.1 cm³/mol. The van der Waals surface area contributed by atoms with Gasteiger partial charge in [-0.05, 0) is 6.26 Å². The molecular weight excluding hydrogens is 288 g/mol. The van der Waals surface area contributed by atoms with Crippen LogP contribution in [0, 0.1) is 0 Å². The summed E-state index contributed by atoms with van der Waals surface area (Å²) in [7, 11) is 1.54. The van der Waals surface area contributed by atoms with Crippen LogP contribution in [0.25, 0.3) is 0 Å². The summed E-state index contributed by atoms with van der Waals surface area (Å²) in [5, 5.41) is 8.11. The van der Waals surface area contributed by atoms with Gasteiger partial charge in [0.2, 0.25) is 0 Å². The molecule has 0 saturated carbocycles. The van der Waals surface area contributed by atoms with Crippen molar-refractivity contribution in [2.24, 2.45) is 0 Å². The van der Waals surface area contributed by atoms with Crippen molar-refractivity contribution < 1.29 is 14.1 Å². The van der Waals surface area contributed by atoms with E-state index in [9.17, 15) is 4.79 Å². The molecule has 2 aromatic heterocycles. The Morgan fingerprint density at radius 2 is 2.42 bits per heavy atom. The van der Waals surface area contributed by atoms with Gasteiger partial charge in [-0.15, -0.1) is 11.3 Å². The molecule has 0 fully saturated rings. The summed E-state index contributed by atoms with van der Waals surface area (Å²) in [6, 6.07) is 0. The molecule has 2 heterocycles. The molecule has 0 aliphatic rings. The van der Waals surface area contributed by atoms with E-state index < -0.39 is 0 Å². The van der Waals surface area contributed by atoms with E-state index >= 15 is 0 Å². The van der Waals surface area contributed by atoms with E-state index in [1.807, 2.05) is 6.26 Å². The first kappa shape index (κ1) is 14.0. The number of nitrogens with zero attached hydrogens (tertiary/aromatic N) is 3. The first-order valence-electron chi connectivity index (χ1n) is 5.31. The Bertz CT molecular complexity index is 554. The summed E-state index contributed by atoms with van der Waals surface area (Å²) in [6.45, 7) is 0.447. The molecule has 0 aliphatic heterocycles. The molecule has 2 rings (SSSR count). The Hall–Kier alpha value is -1.45. The Balaban J connectivity index is 1.88. The van der Waals surface area contributed by atoms with Gasteiger partial charge in [-0.2, -0.15) is 4.98 Å². The normalized spacial score (nSPS) is 10.6. The molecule has 0 spiro atoms. The second kappa shape index (κ2) is 6.64. The lowest BCUT2D eigenvalue weighted by atomic mass is 10.4. The zero-order valence-corrected chi connectivity index (χ0v) is 12.0. The molecule has 0 aromatic carbocycles. The van der Waals surface area contributed by atoms with E-state index in [0.29, 0.717) is 17.4 Å². The number of hydrogen-bond acceptors (Lipinski definition) is 8.